The molecule has 4 nitrogen and oxygen atoms in total. The summed E-state index contributed by atoms with van der Waals surface area (Å²) in [5.41, 5.74) is -0.610. The van der Waals surface area contributed by atoms with Gasteiger partial charge >= 0.3 is 12.3 Å². The highest BCUT2D eigenvalue weighted by Crippen LogP contribution is 2.26. The van der Waals surface area contributed by atoms with E-state index in [2.05, 4.69) is 10.6 Å². The van der Waals surface area contributed by atoms with Gasteiger partial charge in [0.15, 0.2) is 0 Å². The predicted molar refractivity (Wildman–Crippen MR) is 60.2 cm³/mol. The molecule has 0 spiro atoms. The topological polar surface area (TPSA) is 50.4 Å². The van der Waals surface area contributed by atoms with Crippen LogP contribution in [0.2, 0.25) is 0 Å². The van der Waals surface area contributed by atoms with E-state index in [4.69, 9.17) is 4.74 Å². The van der Waals surface area contributed by atoms with Gasteiger partial charge in [0.2, 0.25) is 0 Å². The maximum atomic E-state index is 12.4. The number of halogens is 3. The van der Waals surface area contributed by atoms with Crippen molar-refractivity contribution in [3.05, 3.63) is 0 Å². The molecular formula is C11H19F3N2O2. The molecule has 18 heavy (non-hydrogen) atoms. The lowest BCUT2D eigenvalue weighted by atomic mass is 10.0. The second-order valence-electron chi connectivity index (χ2n) is 5.42. The van der Waals surface area contributed by atoms with Gasteiger partial charge in [-0.3, -0.25) is 0 Å². The molecule has 1 amide bonds. The first-order valence-corrected chi connectivity index (χ1v) is 5.87. The van der Waals surface area contributed by atoms with Gasteiger partial charge in [0.1, 0.15) is 11.6 Å². The van der Waals surface area contributed by atoms with Crippen molar-refractivity contribution >= 4 is 6.09 Å². The van der Waals surface area contributed by atoms with E-state index < -0.39 is 23.9 Å². The fourth-order valence-electron chi connectivity index (χ4n) is 1.73. The van der Waals surface area contributed by atoms with Gasteiger partial charge in [0, 0.05) is 12.6 Å². The normalized spacial score (nSPS) is 25.7. The van der Waals surface area contributed by atoms with E-state index in [1.54, 1.807) is 20.8 Å². The quantitative estimate of drug-likeness (QED) is 0.766. The van der Waals surface area contributed by atoms with Crippen molar-refractivity contribution in [3.8, 4) is 0 Å². The highest BCUT2D eigenvalue weighted by molar-refractivity contribution is 5.68. The summed E-state index contributed by atoms with van der Waals surface area (Å²) in [4.78, 5) is 11.4. The van der Waals surface area contributed by atoms with Gasteiger partial charge in [-0.25, -0.2) is 4.79 Å². The number of alkyl carbamates (subject to hydrolysis) is 1. The van der Waals surface area contributed by atoms with Crippen LogP contribution in [0.25, 0.3) is 0 Å². The molecule has 1 rings (SSSR count). The smallest absolute Gasteiger partial charge is 0.407 e. The molecule has 0 aromatic carbocycles. The van der Waals surface area contributed by atoms with Crippen molar-refractivity contribution in [2.45, 2.75) is 57.5 Å². The minimum Gasteiger partial charge on any atom is -0.444 e. The van der Waals surface area contributed by atoms with Crippen molar-refractivity contribution in [1.82, 2.24) is 10.6 Å². The summed E-state index contributed by atoms with van der Waals surface area (Å²) in [7, 11) is 0. The standard InChI is InChI=1S/C11H19F3N2O2/c1-10(2,3)18-9(17)16-7-4-5-8(15-6-7)11(12,13)14/h7-8,15H,4-6H2,1-3H3,(H,16,17)/t7-,8-/m1/s1. The average molecular weight is 268 g/mol. The Kier molecular flexibility index (Phi) is 4.47. The summed E-state index contributed by atoms with van der Waals surface area (Å²) < 4.78 is 42.2. The molecule has 1 heterocycles. The van der Waals surface area contributed by atoms with Gasteiger partial charge in [-0.1, -0.05) is 0 Å². The van der Waals surface area contributed by atoms with E-state index >= 15 is 0 Å². The van der Waals surface area contributed by atoms with Crippen LogP contribution in [0.15, 0.2) is 0 Å². The molecule has 106 valence electrons. The molecule has 1 fully saturated rings. The molecule has 2 atom stereocenters. The SMILES string of the molecule is CC(C)(C)OC(=O)N[C@@H]1CC[C@H](C(F)(F)F)NC1. The Morgan fingerprint density at radius 1 is 1.28 bits per heavy atom. The maximum Gasteiger partial charge on any atom is 0.407 e. The lowest BCUT2D eigenvalue weighted by Crippen LogP contribution is -2.54. The highest BCUT2D eigenvalue weighted by atomic mass is 19.4. The zero-order valence-corrected chi connectivity index (χ0v) is 10.7. The third kappa shape index (κ3) is 5.12. The Bertz CT molecular complexity index is 292. The summed E-state index contributed by atoms with van der Waals surface area (Å²) >= 11 is 0. The Morgan fingerprint density at radius 2 is 1.89 bits per heavy atom. The van der Waals surface area contributed by atoms with Gasteiger partial charge in [-0.2, -0.15) is 13.2 Å². The number of rotatable bonds is 1. The maximum absolute atomic E-state index is 12.4. The van der Waals surface area contributed by atoms with Crippen molar-refractivity contribution in [2.75, 3.05) is 6.54 Å². The number of carbonyl (C=O) groups excluding carboxylic acids is 1. The number of alkyl halides is 3. The third-order valence-electron chi connectivity index (χ3n) is 2.53. The lowest BCUT2D eigenvalue weighted by molar-refractivity contribution is -0.160. The average Bonchev–Trinajstić information content (AvgIpc) is 2.13. The zero-order chi connectivity index (χ0) is 14.0. The van der Waals surface area contributed by atoms with Gasteiger partial charge in [0.25, 0.3) is 0 Å². The van der Waals surface area contributed by atoms with Gasteiger partial charge in [0.05, 0.1) is 0 Å². The number of nitrogens with one attached hydrogen (secondary N) is 2. The number of ether oxygens (including phenoxy) is 1. The second-order valence-corrected chi connectivity index (χ2v) is 5.42. The molecule has 0 bridgehead atoms. The van der Waals surface area contributed by atoms with Crippen molar-refractivity contribution in [2.24, 2.45) is 0 Å². The number of hydrogen-bond acceptors (Lipinski definition) is 3. The van der Waals surface area contributed by atoms with Crippen LogP contribution in [0.3, 0.4) is 0 Å². The number of hydrogen-bond donors (Lipinski definition) is 2. The fraction of sp³-hybridized carbons (Fsp3) is 0.909. The molecule has 1 aliphatic heterocycles. The van der Waals surface area contributed by atoms with Gasteiger partial charge < -0.3 is 15.4 Å². The van der Waals surface area contributed by atoms with E-state index in [-0.39, 0.29) is 25.4 Å². The predicted octanol–water partition coefficient (Wildman–Crippen LogP) is 2.19. The first-order chi connectivity index (χ1) is 8.08. The minimum absolute atomic E-state index is 0.0377. The van der Waals surface area contributed by atoms with E-state index in [1.807, 2.05) is 0 Å². The molecule has 0 aromatic heterocycles. The summed E-state index contributed by atoms with van der Waals surface area (Å²) in [5, 5.41) is 4.94. The Labute approximate surface area is 104 Å². The molecular weight excluding hydrogens is 249 g/mol. The Balaban J connectivity index is 2.34. The van der Waals surface area contributed by atoms with E-state index in [9.17, 15) is 18.0 Å². The zero-order valence-electron chi connectivity index (χ0n) is 10.7. The van der Waals surface area contributed by atoms with Crippen LogP contribution in [-0.4, -0.2) is 36.5 Å². The monoisotopic (exact) mass is 268 g/mol. The van der Waals surface area contributed by atoms with Gasteiger partial charge in [-0.05, 0) is 33.6 Å². The highest BCUT2D eigenvalue weighted by Gasteiger charge is 2.41. The van der Waals surface area contributed by atoms with Crippen LogP contribution >= 0.6 is 0 Å². The fourth-order valence-corrected chi connectivity index (χ4v) is 1.73. The first-order valence-electron chi connectivity index (χ1n) is 5.87. The molecule has 0 radical (unpaired) electrons. The van der Waals surface area contributed by atoms with Gasteiger partial charge in [-0.15, -0.1) is 0 Å². The van der Waals surface area contributed by atoms with Crippen LogP contribution < -0.4 is 10.6 Å². The number of piperidine rings is 1. The first kappa shape index (κ1) is 15.1. The number of carbonyl (C=O) groups is 1. The molecule has 0 unspecified atom stereocenters. The molecule has 0 aromatic rings. The minimum atomic E-state index is -4.23. The van der Waals surface area contributed by atoms with E-state index in [0.29, 0.717) is 0 Å². The molecule has 2 N–H and O–H groups in total. The summed E-state index contributed by atoms with van der Waals surface area (Å²) in [6.07, 6.45) is -4.57. The van der Waals surface area contributed by atoms with Crippen LogP contribution in [0.5, 0.6) is 0 Å². The molecule has 7 heteroatoms. The van der Waals surface area contributed by atoms with Crippen molar-refractivity contribution in [1.29, 1.82) is 0 Å². The van der Waals surface area contributed by atoms with Crippen LogP contribution in [0, 0.1) is 0 Å². The van der Waals surface area contributed by atoms with Crippen LogP contribution in [-0.2, 0) is 4.74 Å². The second kappa shape index (κ2) is 5.34. The van der Waals surface area contributed by atoms with Crippen LogP contribution in [0.1, 0.15) is 33.6 Å². The van der Waals surface area contributed by atoms with Crippen molar-refractivity contribution < 1.29 is 22.7 Å². The molecule has 0 aliphatic carbocycles. The number of amides is 1. The summed E-state index contributed by atoms with van der Waals surface area (Å²) in [6.45, 7) is 5.28. The molecule has 0 saturated carbocycles. The Morgan fingerprint density at radius 3 is 2.28 bits per heavy atom. The van der Waals surface area contributed by atoms with E-state index in [1.165, 1.54) is 0 Å². The summed E-state index contributed by atoms with van der Waals surface area (Å²) in [5.74, 6) is 0. The largest absolute Gasteiger partial charge is 0.444 e. The van der Waals surface area contributed by atoms with Crippen LogP contribution in [0.4, 0.5) is 18.0 Å². The molecule has 1 aliphatic rings. The third-order valence-corrected chi connectivity index (χ3v) is 2.53. The summed E-state index contributed by atoms with van der Waals surface area (Å²) in [6, 6.07) is -1.80. The lowest BCUT2D eigenvalue weighted by Gasteiger charge is -2.32. The Hall–Kier alpha value is -0.980. The molecule has 1 saturated heterocycles. The van der Waals surface area contributed by atoms with Crippen molar-refractivity contribution in [3.63, 3.8) is 0 Å². The van der Waals surface area contributed by atoms with E-state index in [0.717, 1.165) is 0 Å².